The number of aromatic nitrogens is 1. The maximum atomic E-state index is 11.5. The summed E-state index contributed by atoms with van der Waals surface area (Å²) < 4.78 is 5.28. The first-order chi connectivity index (χ1) is 8.78. The predicted molar refractivity (Wildman–Crippen MR) is 75.0 cm³/mol. The van der Waals surface area contributed by atoms with E-state index in [1.54, 1.807) is 21.0 Å². The topological polar surface area (TPSA) is 62.3 Å². The molecule has 2 rings (SSSR count). The van der Waals surface area contributed by atoms with E-state index in [0.717, 1.165) is 33.5 Å². The molecule has 0 aliphatic rings. The summed E-state index contributed by atoms with van der Waals surface area (Å²) in [5.74, 6) is -0.0941. The molecule has 0 atom stereocenters. The SMILES string of the molecule is COc1cc(C)c2[nH]c(C)c(C(C)(C)C(=O)O)c2c1. The van der Waals surface area contributed by atoms with Gasteiger partial charge in [-0.3, -0.25) is 4.79 Å². The predicted octanol–water partition coefficient (Wildman–Crippen LogP) is 3.16. The lowest BCUT2D eigenvalue weighted by molar-refractivity contribution is -0.142. The van der Waals surface area contributed by atoms with Gasteiger partial charge in [0.2, 0.25) is 0 Å². The summed E-state index contributed by atoms with van der Waals surface area (Å²) in [5, 5.41) is 10.4. The van der Waals surface area contributed by atoms with E-state index in [1.165, 1.54) is 0 Å². The van der Waals surface area contributed by atoms with Crippen molar-refractivity contribution in [1.82, 2.24) is 4.98 Å². The summed E-state index contributed by atoms with van der Waals surface area (Å²) in [6.45, 7) is 7.34. The number of fused-ring (bicyclic) bond motifs is 1. The number of carbonyl (C=O) groups is 1. The van der Waals surface area contributed by atoms with Crippen molar-refractivity contribution >= 4 is 16.9 Å². The number of carboxylic acid groups (broad SMARTS) is 1. The van der Waals surface area contributed by atoms with Gasteiger partial charge in [0.25, 0.3) is 0 Å². The number of aromatic amines is 1. The Morgan fingerprint density at radius 2 is 1.95 bits per heavy atom. The molecule has 0 bridgehead atoms. The second kappa shape index (κ2) is 4.30. The summed E-state index contributed by atoms with van der Waals surface area (Å²) in [4.78, 5) is 14.8. The molecule has 1 aromatic heterocycles. The number of hydrogen-bond donors (Lipinski definition) is 2. The van der Waals surface area contributed by atoms with Gasteiger partial charge in [-0.15, -0.1) is 0 Å². The lowest BCUT2D eigenvalue weighted by atomic mass is 9.82. The molecule has 102 valence electrons. The molecule has 0 amide bonds. The van der Waals surface area contributed by atoms with Crippen molar-refractivity contribution in [2.45, 2.75) is 33.1 Å². The fraction of sp³-hybridized carbons (Fsp3) is 0.400. The van der Waals surface area contributed by atoms with Crippen LogP contribution in [-0.4, -0.2) is 23.2 Å². The molecular weight excluding hydrogens is 242 g/mol. The third kappa shape index (κ3) is 1.97. The van der Waals surface area contributed by atoms with E-state index < -0.39 is 11.4 Å². The molecule has 0 spiro atoms. The van der Waals surface area contributed by atoms with E-state index in [4.69, 9.17) is 4.74 Å². The van der Waals surface area contributed by atoms with Gasteiger partial charge in [0.15, 0.2) is 0 Å². The second-order valence-corrected chi connectivity index (χ2v) is 5.42. The van der Waals surface area contributed by atoms with Crippen LogP contribution in [0.2, 0.25) is 0 Å². The molecule has 0 aliphatic carbocycles. The molecule has 0 fully saturated rings. The summed E-state index contributed by atoms with van der Waals surface area (Å²) in [6.07, 6.45) is 0. The maximum absolute atomic E-state index is 11.5. The van der Waals surface area contributed by atoms with E-state index in [1.807, 2.05) is 26.0 Å². The molecule has 2 aromatic rings. The first-order valence-electron chi connectivity index (χ1n) is 6.19. The van der Waals surface area contributed by atoms with Gasteiger partial charge in [0, 0.05) is 16.6 Å². The van der Waals surface area contributed by atoms with E-state index in [0.29, 0.717) is 0 Å². The Labute approximate surface area is 112 Å². The van der Waals surface area contributed by atoms with Crippen molar-refractivity contribution in [3.8, 4) is 5.75 Å². The number of aliphatic carboxylic acids is 1. The second-order valence-electron chi connectivity index (χ2n) is 5.42. The molecule has 4 nitrogen and oxygen atoms in total. The minimum absolute atomic E-state index is 0.742. The van der Waals surface area contributed by atoms with Crippen LogP contribution >= 0.6 is 0 Å². The lowest BCUT2D eigenvalue weighted by Gasteiger charge is -2.20. The number of rotatable bonds is 3. The molecule has 0 aliphatic heterocycles. The fourth-order valence-corrected chi connectivity index (χ4v) is 2.60. The van der Waals surface area contributed by atoms with Gasteiger partial charge in [-0.05, 0) is 51.0 Å². The monoisotopic (exact) mass is 261 g/mol. The highest BCUT2D eigenvalue weighted by molar-refractivity contribution is 5.95. The van der Waals surface area contributed by atoms with Gasteiger partial charge in [-0.1, -0.05) is 0 Å². The number of carboxylic acids is 1. The Bertz CT molecular complexity index is 653. The van der Waals surface area contributed by atoms with Crippen LogP contribution in [-0.2, 0) is 10.2 Å². The lowest BCUT2D eigenvalue weighted by Crippen LogP contribution is -2.29. The molecule has 2 N–H and O–H groups in total. The molecule has 1 aromatic carbocycles. The molecular formula is C15H19NO3. The summed E-state index contributed by atoms with van der Waals surface area (Å²) in [5.41, 5.74) is 2.78. The van der Waals surface area contributed by atoms with Crippen molar-refractivity contribution in [2.75, 3.05) is 7.11 Å². The van der Waals surface area contributed by atoms with E-state index in [9.17, 15) is 9.90 Å². The average Bonchev–Trinajstić information content (AvgIpc) is 2.66. The van der Waals surface area contributed by atoms with Gasteiger partial charge >= 0.3 is 5.97 Å². The van der Waals surface area contributed by atoms with Crippen LogP contribution in [0.25, 0.3) is 10.9 Å². The van der Waals surface area contributed by atoms with Gasteiger partial charge in [-0.2, -0.15) is 0 Å². The zero-order chi connectivity index (χ0) is 14.4. The summed E-state index contributed by atoms with van der Waals surface area (Å²) >= 11 is 0. The zero-order valence-corrected chi connectivity index (χ0v) is 11.9. The average molecular weight is 261 g/mol. The van der Waals surface area contributed by atoms with Crippen molar-refractivity contribution in [3.63, 3.8) is 0 Å². The van der Waals surface area contributed by atoms with Gasteiger partial charge in [0.1, 0.15) is 5.75 Å². The van der Waals surface area contributed by atoms with E-state index >= 15 is 0 Å². The highest BCUT2D eigenvalue weighted by Gasteiger charge is 2.34. The van der Waals surface area contributed by atoms with Crippen LogP contribution in [0.5, 0.6) is 5.75 Å². The van der Waals surface area contributed by atoms with Crippen molar-refractivity contribution in [1.29, 1.82) is 0 Å². The van der Waals surface area contributed by atoms with Crippen molar-refractivity contribution in [3.05, 3.63) is 29.0 Å². The third-order valence-electron chi connectivity index (χ3n) is 3.66. The van der Waals surface area contributed by atoms with Crippen molar-refractivity contribution < 1.29 is 14.6 Å². The molecule has 0 radical (unpaired) electrons. The normalized spacial score (nSPS) is 11.8. The highest BCUT2D eigenvalue weighted by Crippen LogP contribution is 2.36. The Kier molecular flexibility index (Phi) is 3.04. The number of aryl methyl sites for hydroxylation is 2. The van der Waals surface area contributed by atoms with Gasteiger partial charge in [-0.25, -0.2) is 0 Å². The van der Waals surface area contributed by atoms with E-state index in [-0.39, 0.29) is 0 Å². The quantitative estimate of drug-likeness (QED) is 0.892. The van der Waals surface area contributed by atoms with Crippen LogP contribution in [0, 0.1) is 13.8 Å². The number of H-pyrrole nitrogens is 1. The number of hydrogen-bond acceptors (Lipinski definition) is 2. The number of ether oxygens (including phenoxy) is 1. The maximum Gasteiger partial charge on any atom is 0.313 e. The Morgan fingerprint density at radius 1 is 1.32 bits per heavy atom. The van der Waals surface area contributed by atoms with Crippen LogP contribution in [0.4, 0.5) is 0 Å². The molecule has 0 saturated heterocycles. The van der Waals surface area contributed by atoms with Crippen molar-refractivity contribution in [2.24, 2.45) is 0 Å². The Morgan fingerprint density at radius 3 is 2.47 bits per heavy atom. The zero-order valence-electron chi connectivity index (χ0n) is 11.9. The summed E-state index contributed by atoms with van der Waals surface area (Å²) in [6, 6.07) is 3.83. The summed E-state index contributed by atoms with van der Waals surface area (Å²) in [7, 11) is 1.61. The standard InChI is InChI=1S/C15H19NO3/c1-8-6-10(19-5)7-11-12(9(2)16-13(8)11)15(3,4)14(17)18/h6-7,16H,1-5H3,(H,17,18). The molecule has 19 heavy (non-hydrogen) atoms. The molecule has 0 saturated carbocycles. The van der Waals surface area contributed by atoms with Gasteiger partial charge < -0.3 is 14.8 Å². The Hall–Kier alpha value is -1.97. The van der Waals surface area contributed by atoms with E-state index in [2.05, 4.69) is 4.98 Å². The minimum atomic E-state index is -0.943. The van der Waals surface area contributed by atoms with Crippen LogP contribution in [0.15, 0.2) is 12.1 Å². The number of methoxy groups -OCH3 is 1. The minimum Gasteiger partial charge on any atom is -0.497 e. The van der Waals surface area contributed by atoms with Crippen LogP contribution < -0.4 is 4.74 Å². The number of benzene rings is 1. The van der Waals surface area contributed by atoms with Crippen LogP contribution in [0.1, 0.15) is 30.7 Å². The third-order valence-corrected chi connectivity index (χ3v) is 3.66. The first kappa shape index (κ1) is 13.5. The highest BCUT2D eigenvalue weighted by atomic mass is 16.5. The van der Waals surface area contributed by atoms with Crippen LogP contribution in [0.3, 0.4) is 0 Å². The first-order valence-corrected chi connectivity index (χ1v) is 6.19. The largest absolute Gasteiger partial charge is 0.497 e. The number of nitrogens with one attached hydrogen (secondary N) is 1. The Balaban J connectivity index is 2.84. The van der Waals surface area contributed by atoms with Gasteiger partial charge in [0.05, 0.1) is 12.5 Å². The smallest absolute Gasteiger partial charge is 0.313 e. The fourth-order valence-electron chi connectivity index (χ4n) is 2.60. The molecule has 4 heteroatoms. The molecule has 1 heterocycles. The molecule has 0 unspecified atom stereocenters.